The maximum atomic E-state index is 13.1. The summed E-state index contributed by atoms with van der Waals surface area (Å²) in [5.41, 5.74) is 1.98. The van der Waals surface area contributed by atoms with Gasteiger partial charge < -0.3 is 0 Å². The summed E-state index contributed by atoms with van der Waals surface area (Å²) in [7, 11) is -3.51. The Balaban J connectivity index is 2.01. The van der Waals surface area contributed by atoms with Gasteiger partial charge in [-0.25, -0.2) is 13.4 Å². The van der Waals surface area contributed by atoms with Crippen LogP contribution >= 0.6 is 15.9 Å². The second-order valence-corrected chi connectivity index (χ2v) is 8.47. The van der Waals surface area contributed by atoms with E-state index in [0.717, 1.165) is 35.0 Å². The van der Waals surface area contributed by atoms with E-state index in [4.69, 9.17) is 0 Å². The van der Waals surface area contributed by atoms with Gasteiger partial charge in [-0.15, -0.1) is 0 Å². The summed E-state index contributed by atoms with van der Waals surface area (Å²) in [6.07, 6.45) is 4.43. The van der Waals surface area contributed by atoms with Crippen molar-refractivity contribution in [2.75, 3.05) is 6.54 Å². The molecule has 1 saturated heterocycles. The van der Waals surface area contributed by atoms with Crippen molar-refractivity contribution in [2.24, 2.45) is 0 Å². The summed E-state index contributed by atoms with van der Waals surface area (Å²) in [5.74, 6) is 0. The Morgan fingerprint density at radius 3 is 2.61 bits per heavy atom. The van der Waals surface area contributed by atoms with Gasteiger partial charge in [0.2, 0.25) is 10.0 Å². The topological polar surface area (TPSA) is 50.3 Å². The molecule has 2 heterocycles. The molecule has 0 aliphatic carbocycles. The number of aryl methyl sites for hydroxylation is 1. The van der Waals surface area contributed by atoms with E-state index in [-0.39, 0.29) is 6.04 Å². The highest BCUT2D eigenvalue weighted by atomic mass is 79.9. The van der Waals surface area contributed by atoms with Gasteiger partial charge in [-0.05, 0) is 53.9 Å². The van der Waals surface area contributed by atoms with Crippen LogP contribution in [0.2, 0.25) is 0 Å². The number of halogens is 1. The number of pyridine rings is 1. The van der Waals surface area contributed by atoms with Crippen LogP contribution in [0, 0.1) is 6.92 Å². The summed E-state index contributed by atoms with van der Waals surface area (Å²) in [6, 6.07) is 10.7. The van der Waals surface area contributed by atoms with Crippen LogP contribution in [0.3, 0.4) is 0 Å². The minimum atomic E-state index is -3.51. The monoisotopic (exact) mass is 394 g/mol. The average Bonchev–Trinajstić information content (AvgIpc) is 2.56. The maximum absolute atomic E-state index is 13.1. The summed E-state index contributed by atoms with van der Waals surface area (Å²) in [4.78, 5) is 4.61. The number of nitrogens with zero attached hydrogens (tertiary/aromatic N) is 2. The first kappa shape index (κ1) is 16.6. The van der Waals surface area contributed by atoms with Crippen LogP contribution in [0.4, 0.5) is 0 Å². The SMILES string of the molecule is Cc1ccc(S(=O)(=O)N2CCCCC2c2cccnc2Br)cc1. The molecule has 1 aromatic heterocycles. The maximum Gasteiger partial charge on any atom is 0.243 e. The number of rotatable bonds is 3. The summed E-state index contributed by atoms with van der Waals surface area (Å²) in [5, 5.41) is 0. The van der Waals surface area contributed by atoms with Crippen LogP contribution in [0.5, 0.6) is 0 Å². The Morgan fingerprint density at radius 1 is 1.17 bits per heavy atom. The van der Waals surface area contributed by atoms with E-state index < -0.39 is 10.0 Å². The van der Waals surface area contributed by atoms with Crippen LogP contribution in [0.25, 0.3) is 0 Å². The molecule has 0 spiro atoms. The molecule has 0 N–H and O–H groups in total. The number of hydrogen-bond acceptors (Lipinski definition) is 3. The number of benzene rings is 1. The second kappa shape index (κ2) is 6.71. The molecule has 6 heteroatoms. The molecule has 122 valence electrons. The third-order valence-electron chi connectivity index (χ3n) is 4.23. The van der Waals surface area contributed by atoms with E-state index in [0.29, 0.717) is 11.4 Å². The molecule has 1 aromatic carbocycles. The predicted molar refractivity (Wildman–Crippen MR) is 93.6 cm³/mol. The first-order valence-electron chi connectivity index (χ1n) is 7.69. The molecule has 23 heavy (non-hydrogen) atoms. The molecule has 4 nitrogen and oxygen atoms in total. The molecule has 0 bridgehead atoms. The van der Waals surface area contributed by atoms with Crippen molar-refractivity contribution in [1.82, 2.24) is 9.29 Å². The molecular formula is C17H19BrN2O2S. The third kappa shape index (κ3) is 3.34. The summed E-state index contributed by atoms with van der Waals surface area (Å²) < 4.78 is 28.5. The van der Waals surface area contributed by atoms with E-state index in [1.54, 1.807) is 22.6 Å². The van der Waals surface area contributed by atoms with Gasteiger partial charge in [0.1, 0.15) is 4.60 Å². The van der Waals surface area contributed by atoms with Crippen LogP contribution in [-0.4, -0.2) is 24.3 Å². The lowest BCUT2D eigenvalue weighted by molar-refractivity contribution is 0.255. The smallest absolute Gasteiger partial charge is 0.243 e. The van der Waals surface area contributed by atoms with Gasteiger partial charge in [-0.3, -0.25) is 0 Å². The average molecular weight is 395 g/mol. The van der Waals surface area contributed by atoms with Gasteiger partial charge in [0.15, 0.2) is 0 Å². The highest BCUT2D eigenvalue weighted by Gasteiger charge is 2.35. The molecule has 0 radical (unpaired) electrons. The van der Waals surface area contributed by atoms with Crippen molar-refractivity contribution in [3.05, 3.63) is 58.3 Å². The Morgan fingerprint density at radius 2 is 1.91 bits per heavy atom. The summed E-state index contributed by atoms with van der Waals surface area (Å²) >= 11 is 3.46. The Bertz CT molecular complexity index is 790. The van der Waals surface area contributed by atoms with Crippen molar-refractivity contribution in [3.63, 3.8) is 0 Å². The van der Waals surface area contributed by atoms with Crippen LogP contribution < -0.4 is 0 Å². The first-order chi connectivity index (χ1) is 11.0. The summed E-state index contributed by atoms with van der Waals surface area (Å²) in [6.45, 7) is 2.50. The van der Waals surface area contributed by atoms with Gasteiger partial charge in [0, 0.05) is 18.3 Å². The molecule has 1 atom stereocenters. The van der Waals surface area contributed by atoms with E-state index in [9.17, 15) is 8.42 Å². The molecule has 0 saturated carbocycles. The Hall–Kier alpha value is -1.24. The predicted octanol–water partition coefficient (Wildman–Crippen LogP) is 4.07. The van der Waals surface area contributed by atoms with Crippen LogP contribution in [0.1, 0.15) is 36.4 Å². The van der Waals surface area contributed by atoms with E-state index in [1.807, 2.05) is 31.2 Å². The molecule has 2 aromatic rings. The third-order valence-corrected chi connectivity index (χ3v) is 6.81. The molecule has 1 unspecified atom stereocenters. The lowest BCUT2D eigenvalue weighted by Crippen LogP contribution is -2.38. The normalized spacial score (nSPS) is 19.7. The fourth-order valence-electron chi connectivity index (χ4n) is 3.00. The molecule has 0 amide bonds. The molecule has 1 aliphatic rings. The fraction of sp³-hybridized carbons (Fsp3) is 0.353. The van der Waals surface area contributed by atoms with Crippen molar-refractivity contribution in [3.8, 4) is 0 Å². The molecule has 3 rings (SSSR count). The van der Waals surface area contributed by atoms with Gasteiger partial charge in [0.25, 0.3) is 0 Å². The zero-order valence-electron chi connectivity index (χ0n) is 12.9. The molecule has 1 fully saturated rings. The largest absolute Gasteiger partial charge is 0.249 e. The zero-order chi connectivity index (χ0) is 16.4. The lowest BCUT2D eigenvalue weighted by atomic mass is 9.99. The quantitative estimate of drug-likeness (QED) is 0.737. The second-order valence-electron chi connectivity index (χ2n) is 5.82. The van der Waals surface area contributed by atoms with Crippen molar-refractivity contribution in [2.45, 2.75) is 37.1 Å². The van der Waals surface area contributed by atoms with Crippen molar-refractivity contribution < 1.29 is 8.42 Å². The van der Waals surface area contributed by atoms with Gasteiger partial charge >= 0.3 is 0 Å². The zero-order valence-corrected chi connectivity index (χ0v) is 15.3. The fourth-order valence-corrected chi connectivity index (χ4v) is 5.19. The lowest BCUT2D eigenvalue weighted by Gasteiger charge is -2.35. The molecule has 1 aliphatic heterocycles. The molecular weight excluding hydrogens is 376 g/mol. The first-order valence-corrected chi connectivity index (χ1v) is 9.92. The minimum absolute atomic E-state index is 0.168. The Labute approximate surface area is 145 Å². The van der Waals surface area contributed by atoms with Crippen molar-refractivity contribution in [1.29, 1.82) is 0 Å². The van der Waals surface area contributed by atoms with Gasteiger partial charge in [-0.1, -0.05) is 30.2 Å². The number of piperidine rings is 1. The van der Waals surface area contributed by atoms with E-state index >= 15 is 0 Å². The standard InChI is InChI=1S/C17H19BrN2O2S/c1-13-7-9-14(10-8-13)23(21,22)20-12-3-2-6-16(20)15-5-4-11-19-17(15)18/h4-5,7-11,16H,2-3,6,12H2,1H3. The van der Waals surface area contributed by atoms with E-state index in [2.05, 4.69) is 20.9 Å². The minimum Gasteiger partial charge on any atom is -0.249 e. The van der Waals surface area contributed by atoms with Crippen LogP contribution in [0.15, 0.2) is 52.1 Å². The highest BCUT2D eigenvalue weighted by molar-refractivity contribution is 9.10. The number of aromatic nitrogens is 1. The van der Waals surface area contributed by atoms with Gasteiger partial charge in [-0.2, -0.15) is 4.31 Å². The Kier molecular flexibility index (Phi) is 4.85. The highest BCUT2D eigenvalue weighted by Crippen LogP contribution is 2.37. The van der Waals surface area contributed by atoms with Crippen LogP contribution in [-0.2, 0) is 10.0 Å². The number of hydrogen-bond donors (Lipinski definition) is 0. The van der Waals surface area contributed by atoms with Crippen molar-refractivity contribution >= 4 is 26.0 Å². The number of sulfonamides is 1. The van der Waals surface area contributed by atoms with Gasteiger partial charge in [0.05, 0.1) is 10.9 Å². The van der Waals surface area contributed by atoms with E-state index in [1.165, 1.54) is 0 Å².